The molecule has 0 spiro atoms. The minimum atomic E-state index is -1.86. The molecule has 0 aliphatic carbocycles. The maximum absolute atomic E-state index is 9.58. The van der Waals surface area contributed by atoms with Crippen molar-refractivity contribution in [2.24, 2.45) is 0 Å². The van der Waals surface area contributed by atoms with Crippen molar-refractivity contribution in [3.63, 3.8) is 0 Å². The van der Waals surface area contributed by atoms with E-state index in [2.05, 4.69) is 68.2 Å². The number of hydrogen-bond donors (Lipinski definition) is 1. The van der Waals surface area contributed by atoms with Gasteiger partial charge in [-0.25, -0.2) is 5.01 Å². The van der Waals surface area contributed by atoms with Gasteiger partial charge in [-0.15, -0.1) is 0 Å². The standard InChI is InChI=1S/C54H62N3O8P/c1-40(2)57(41(3)4)56-66(64-37-15-36-55)65-52(38-62-53(42-16-11-9-12-17-42,44-20-28-48(58-5)29-21-44)45-22-30-49(59-6)31-23-45)39-63-54(43-18-13-10-14-19-43,46-24-32-50(60-7)33-25-46)47-26-34-51(61-8)35-27-47/h9-14,16-35,40-41,52,56H,15,37-39H2,1-8H3. The zero-order valence-corrected chi connectivity index (χ0v) is 40.1. The minimum absolute atomic E-state index is 0.0223. The Morgan fingerprint density at radius 1 is 0.500 bits per heavy atom. The van der Waals surface area contributed by atoms with Crippen molar-refractivity contribution in [3.8, 4) is 29.1 Å². The number of hydrogen-bond acceptors (Lipinski definition) is 11. The minimum Gasteiger partial charge on any atom is -0.497 e. The van der Waals surface area contributed by atoms with Crippen molar-refractivity contribution in [1.82, 2.24) is 10.2 Å². The third kappa shape index (κ3) is 11.8. The van der Waals surface area contributed by atoms with Gasteiger partial charge in [-0.05, 0) is 110 Å². The number of nitrogens with one attached hydrogen (secondary N) is 1. The Morgan fingerprint density at radius 2 is 0.818 bits per heavy atom. The van der Waals surface area contributed by atoms with Crippen molar-refractivity contribution in [3.05, 3.63) is 191 Å². The average Bonchev–Trinajstić information content (AvgIpc) is 3.36. The van der Waals surface area contributed by atoms with Gasteiger partial charge in [-0.2, -0.15) is 10.5 Å². The van der Waals surface area contributed by atoms with Crippen LogP contribution in [0.4, 0.5) is 0 Å². The van der Waals surface area contributed by atoms with E-state index in [1.807, 2.05) is 133 Å². The smallest absolute Gasteiger partial charge is 0.271 e. The average molecular weight is 912 g/mol. The highest BCUT2D eigenvalue weighted by Crippen LogP contribution is 2.46. The first-order chi connectivity index (χ1) is 32.1. The van der Waals surface area contributed by atoms with E-state index in [1.165, 1.54) is 0 Å². The summed E-state index contributed by atoms with van der Waals surface area (Å²) in [4.78, 5) is 0. The van der Waals surface area contributed by atoms with Crippen LogP contribution in [-0.4, -0.2) is 71.5 Å². The van der Waals surface area contributed by atoms with Crippen LogP contribution in [0.25, 0.3) is 0 Å². The van der Waals surface area contributed by atoms with Gasteiger partial charge in [0, 0.05) is 12.1 Å². The second kappa shape index (κ2) is 24.1. The molecule has 346 valence electrons. The topological polar surface area (TPSA) is 113 Å². The van der Waals surface area contributed by atoms with Gasteiger partial charge in [0.05, 0.1) is 60.7 Å². The van der Waals surface area contributed by atoms with Crippen molar-refractivity contribution in [1.29, 1.82) is 5.26 Å². The molecule has 0 radical (unpaired) electrons. The van der Waals surface area contributed by atoms with Gasteiger partial charge in [0.15, 0.2) is 0 Å². The molecule has 6 aromatic carbocycles. The van der Waals surface area contributed by atoms with Crippen molar-refractivity contribution >= 4 is 8.53 Å². The van der Waals surface area contributed by atoms with Crippen LogP contribution in [0.1, 0.15) is 67.5 Å². The lowest BCUT2D eigenvalue weighted by Gasteiger charge is -2.40. The Labute approximate surface area is 392 Å². The lowest BCUT2D eigenvalue weighted by atomic mass is 9.79. The molecule has 1 unspecified atom stereocenters. The second-order valence-corrected chi connectivity index (χ2v) is 17.2. The van der Waals surface area contributed by atoms with E-state index in [0.717, 1.165) is 33.4 Å². The highest BCUT2D eigenvalue weighted by Gasteiger charge is 2.42. The van der Waals surface area contributed by atoms with Crippen LogP contribution in [0.2, 0.25) is 0 Å². The van der Waals surface area contributed by atoms with Crippen LogP contribution in [-0.2, 0) is 29.7 Å². The zero-order valence-electron chi connectivity index (χ0n) is 39.2. The fraction of sp³-hybridized carbons (Fsp3) is 0.315. The summed E-state index contributed by atoms with van der Waals surface area (Å²) in [5.74, 6) is 2.85. The molecule has 6 aromatic rings. The quantitative estimate of drug-likeness (QED) is 0.0256. The maximum atomic E-state index is 9.58. The van der Waals surface area contributed by atoms with Crippen LogP contribution < -0.4 is 24.1 Å². The number of rotatable bonds is 25. The Kier molecular flexibility index (Phi) is 18.1. The largest absolute Gasteiger partial charge is 0.497 e. The van der Waals surface area contributed by atoms with E-state index in [1.54, 1.807) is 28.4 Å². The summed E-state index contributed by atoms with van der Waals surface area (Å²) < 4.78 is 51.0. The van der Waals surface area contributed by atoms with Crippen molar-refractivity contribution < 1.29 is 37.5 Å². The first kappa shape index (κ1) is 49.6. The summed E-state index contributed by atoms with van der Waals surface area (Å²) in [6, 6.07) is 54.4. The number of hydrazine groups is 1. The number of ether oxygens (including phenoxy) is 6. The monoisotopic (exact) mass is 911 g/mol. The van der Waals surface area contributed by atoms with Crippen LogP contribution in [0.3, 0.4) is 0 Å². The first-order valence-corrected chi connectivity index (χ1v) is 23.3. The van der Waals surface area contributed by atoms with E-state index >= 15 is 0 Å². The normalized spacial score (nSPS) is 12.3. The molecule has 66 heavy (non-hydrogen) atoms. The lowest BCUT2D eigenvalue weighted by molar-refractivity contribution is -0.0823. The van der Waals surface area contributed by atoms with Gasteiger partial charge in [-0.1, -0.05) is 109 Å². The number of nitriles is 1. The molecule has 1 atom stereocenters. The summed E-state index contributed by atoms with van der Waals surface area (Å²) >= 11 is 0. The molecule has 0 saturated carbocycles. The SMILES string of the molecule is COc1ccc(C(OCC(COC(c2ccccc2)(c2ccc(OC)cc2)c2ccc(OC)cc2)OP(NN(C(C)C)C(C)C)OCCC#N)(c2ccccc2)c2ccc(OC)cc2)cc1. The summed E-state index contributed by atoms with van der Waals surface area (Å²) in [5, 5.41) is 15.2. The Hall–Kier alpha value is -5.80. The maximum Gasteiger partial charge on any atom is 0.271 e. The molecule has 0 heterocycles. The van der Waals surface area contributed by atoms with E-state index in [0.29, 0.717) is 23.0 Å². The Bertz CT molecular complexity index is 2130. The molecular formula is C54H62N3O8P. The number of nitrogens with zero attached hydrogens (tertiary/aromatic N) is 2. The summed E-state index contributed by atoms with van der Waals surface area (Å²) in [7, 11) is 4.74. The summed E-state index contributed by atoms with van der Waals surface area (Å²) in [6.07, 6.45) is -0.589. The summed E-state index contributed by atoms with van der Waals surface area (Å²) in [6.45, 7) is 8.63. The first-order valence-electron chi connectivity index (χ1n) is 22.1. The van der Waals surface area contributed by atoms with E-state index in [9.17, 15) is 5.26 Å². The molecule has 12 heteroatoms. The second-order valence-electron chi connectivity index (χ2n) is 16.1. The number of methoxy groups -OCH3 is 4. The number of benzene rings is 6. The molecule has 0 fully saturated rings. The molecule has 0 saturated heterocycles. The summed E-state index contributed by atoms with van der Waals surface area (Å²) in [5.41, 5.74) is 2.93. The van der Waals surface area contributed by atoms with Crippen molar-refractivity contribution in [2.75, 3.05) is 48.3 Å². The van der Waals surface area contributed by atoms with Gasteiger partial charge in [-0.3, -0.25) is 0 Å². The Morgan fingerprint density at radius 3 is 1.11 bits per heavy atom. The van der Waals surface area contributed by atoms with Gasteiger partial charge in [0.2, 0.25) is 0 Å². The highest BCUT2D eigenvalue weighted by atomic mass is 31.2. The third-order valence-electron chi connectivity index (χ3n) is 11.3. The van der Waals surface area contributed by atoms with Crippen LogP contribution in [0.5, 0.6) is 23.0 Å². The predicted molar refractivity (Wildman–Crippen MR) is 260 cm³/mol. The molecule has 0 aliphatic rings. The molecule has 0 aromatic heterocycles. The van der Waals surface area contributed by atoms with E-state index in [-0.39, 0.29) is 38.3 Å². The molecule has 0 bridgehead atoms. The third-order valence-corrected chi connectivity index (χ3v) is 12.6. The highest BCUT2D eigenvalue weighted by molar-refractivity contribution is 7.44. The lowest BCUT2D eigenvalue weighted by Crippen LogP contribution is -2.46. The van der Waals surface area contributed by atoms with E-state index < -0.39 is 25.8 Å². The molecular weight excluding hydrogens is 850 g/mol. The molecule has 0 amide bonds. The van der Waals surface area contributed by atoms with Crippen LogP contribution in [0.15, 0.2) is 158 Å². The van der Waals surface area contributed by atoms with Gasteiger partial charge in [0.25, 0.3) is 8.53 Å². The van der Waals surface area contributed by atoms with Crippen LogP contribution in [0, 0.1) is 11.3 Å². The Balaban J connectivity index is 1.53. The zero-order chi connectivity index (χ0) is 46.9. The van der Waals surface area contributed by atoms with Gasteiger partial charge in [0.1, 0.15) is 40.3 Å². The van der Waals surface area contributed by atoms with E-state index in [4.69, 9.17) is 37.5 Å². The molecule has 0 aliphatic heterocycles. The molecule has 11 nitrogen and oxygen atoms in total. The van der Waals surface area contributed by atoms with Crippen LogP contribution >= 0.6 is 8.53 Å². The molecule has 6 rings (SSSR count). The van der Waals surface area contributed by atoms with Gasteiger partial charge >= 0.3 is 0 Å². The fourth-order valence-electron chi connectivity index (χ4n) is 8.01. The van der Waals surface area contributed by atoms with Gasteiger partial charge < -0.3 is 37.5 Å². The molecule has 1 N–H and O–H groups in total. The van der Waals surface area contributed by atoms with Crippen molar-refractivity contribution in [2.45, 2.75) is 63.5 Å². The fourth-order valence-corrected chi connectivity index (χ4v) is 9.47. The predicted octanol–water partition coefficient (Wildman–Crippen LogP) is 11.2.